The maximum absolute atomic E-state index is 12.4. The molecule has 5 heteroatoms. The zero-order valence-corrected chi connectivity index (χ0v) is 15.1. The first-order chi connectivity index (χ1) is 12.1. The molecule has 2 aromatic carbocycles. The van der Waals surface area contributed by atoms with Crippen molar-refractivity contribution in [2.24, 2.45) is 5.92 Å². The molecule has 1 saturated heterocycles. The number of carbonyl (C=O) groups excluding carboxylic acids is 1. The zero-order valence-electron chi connectivity index (χ0n) is 14.4. The molecule has 1 heterocycles. The molecule has 1 aliphatic rings. The normalized spacial score (nSPS) is 15.8. The Hall–Kier alpha value is -2.04. The van der Waals surface area contributed by atoms with Gasteiger partial charge >= 0.3 is 0 Å². The zero-order chi connectivity index (χ0) is 17.6. The van der Waals surface area contributed by atoms with Gasteiger partial charge in [0.25, 0.3) is 0 Å². The molecule has 3 rings (SSSR count). The van der Waals surface area contributed by atoms with Crippen molar-refractivity contribution in [1.29, 1.82) is 0 Å². The number of amides is 1. The van der Waals surface area contributed by atoms with E-state index >= 15 is 0 Å². The van der Waals surface area contributed by atoms with Crippen molar-refractivity contribution in [3.63, 3.8) is 0 Å². The van der Waals surface area contributed by atoms with Crippen LogP contribution in [-0.2, 0) is 4.79 Å². The third-order valence-electron chi connectivity index (χ3n) is 4.43. The second kappa shape index (κ2) is 8.37. The van der Waals surface area contributed by atoms with E-state index in [0.29, 0.717) is 28.8 Å². The fraction of sp³-hybridized carbons (Fsp3) is 0.350. The number of likely N-dealkylation sites (tertiary alicyclic amines) is 1. The number of piperidine rings is 1. The standard InChI is InChI=1S/C20H23ClN2O2/c1-15-9-11-23(12-10-15)14-20(24)22-18-13-16(21)7-8-19(18)25-17-5-3-2-4-6-17/h2-8,13,15H,9-12,14H2,1H3,(H,22,24). The average Bonchev–Trinajstić information content (AvgIpc) is 2.60. The monoisotopic (exact) mass is 358 g/mol. The number of benzene rings is 2. The Morgan fingerprint density at radius 1 is 1.20 bits per heavy atom. The minimum Gasteiger partial charge on any atom is -0.455 e. The first-order valence-corrected chi connectivity index (χ1v) is 9.02. The molecule has 0 atom stereocenters. The van der Waals surface area contributed by atoms with Gasteiger partial charge in [-0.2, -0.15) is 0 Å². The van der Waals surface area contributed by atoms with Gasteiger partial charge in [0, 0.05) is 5.02 Å². The van der Waals surface area contributed by atoms with Crippen LogP contribution in [0.4, 0.5) is 5.69 Å². The van der Waals surface area contributed by atoms with E-state index in [-0.39, 0.29) is 5.91 Å². The van der Waals surface area contributed by atoms with E-state index in [2.05, 4.69) is 17.1 Å². The van der Waals surface area contributed by atoms with Crippen molar-refractivity contribution in [2.75, 3.05) is 25.0 Å². The van der Waals surface area contributed by atoms with Crippen LogP contribution in [0.5, 0.6) is 11.5 Å². The molecule has 1 N–H and O–H groups in total. The van der Waals surface area contributed by atoms with Crippen LogP contribution >= 0.6 is 11.6 Å². The van der Waals surface area contributed by atoms with Gasteiger partial charge in [-0.05, 0) is 62.2 Å². The number of hydrogen-bond donors (Lipinski definition) is 1. The van der Waals surface area contributed by atoms with E-state index in [0.717, 1.165) is 31.8 Å². The van der Waals surface area contributed by atoms with E-state index < -0.39 is 0 Å². The van der Waals surface area contributed by atoms with Gasteiger partial charge in [-0.3, -0.25) is 9.69 Å². The van der Waals surface area contributed by atoms with E-state index in [1.807, 2.05) is 30.3 Å². The average molecular weight is 359 g/mol. The molecule has 0 unspecified atom stereocenters. The maximum atomic E-state index is 12.4. The van der Waals surface area contributed by atoms with Crippen molar-refractivity contribution < 1.29 is 9.53 Å². The maximum Gasteiger partial charge on any atom is 0.238 e. The minimum atomic E-state index is -0.0465. The highest BCUT2D eigenvalue weighted by Gasteiger charge is 2.18. The lowest BCUT2D eigenvalue weighted by Crippen LogP contribution is -2.38. The molecule has 0 saturated carbocycles. The van der Waals surface area contributed by atoms with Crippen molar-refractivity contribution >= 4 is 23.2 Å². The summed E-state index contributed by atoms with van der Waals surface area (Å²) < 4.78 is 5.88. The predicted molar refractivity (Wildman–Crippen MR) is 101 cm³/mol. The summed E-state index contributed by atoms with van der Waals surface area (Å²) >= 11 is 6.09. The van der Waals surface area contributed by atoms with Gasteiger partial charge in [0.05, 0.1) is 12.2 Å². The van der Waals surface area contributed by atoms with E-state index in [4.69, 9.17) is 16.3 Å². The van der Waals surface area contributed by atoms with E-state index in [1.165, 1.54) is 0 Å². The van der Waals surface area contributed by atoms with Crippen LogP contribution in [0.2, 0.25) is 5.02 Å². The lowest BCUT2D eigenvalue weighted by atomic mass is 9.99. The molecule has 0 radical (unpaired) electrons. The van der Waals surface area contributed by atoms with Crippen LogP contribution in [0, 0.1) is 5.92 Å². The second-order valence-electron chi connectivity index (χ2n) is 6.56. The highest BCUT2D eigenvalue weighted by atomic mass is 35.5. The van der Waals surface area contributed by atoms with Gasteiger partial charge in [0.2, 0.25) is 5.91 Å². The molecule has 2 aromatic rings. The quantitative estimate of drug-likeness (QED) is 0.834. The Kier molecular flexibility index (Phi) is 5.95. The number of ether oxygens (including phenoxy) is 1. The van der Waals surface area contributed by atoms with E-state index in [9.17, 15) is 4.79 Å². The molecule has 0 aliphatic carbocycles. The number of carbonyl (C=O) groups is 1. The fourth-order valence-corrected chi connectivity index (χ4v) is 3.09. The molecule has 0 aromatic heterocycles. The summed E-state index contributed by atoms with van der Waals surface area (Å²) in [5, 5.41) is 3.50. The van der Waals surface area contributed by atoms with Gasteiger partial charge in [-0.25, -0.2) is 0 Å². The number of nitrogens with zero attached hydrogens (tertiary/aromatic N) is 1. The van der Waals surface area contributed by atoms with Gasteiger partial charge < -0.3 is 10.1 Å². The van der Waals surface area contributed by atoms with Crippen LogP contribution in [-0.4, -0.2) is 30.4 Å². The number of rotatable bonds is 5. The van der Waals surface area contributed by atoms with Crippen LogP contribution in [0.3, 0.4) is 0 Å². The van der Waals surface area contributed by atoms with Crippen molar-refractivity contribution in [1.82, 2.24) is 4.90 Å². The molecule has 1 fully saturated rings. The predicted octanol–water partition coefficient (Wildman–Crippen LogP) is 4.80. The van der Waals surface area contributed by atoms with Crippen LogP contribution in [0.15, 0.2) is 48.5 Å². The summed E-state index contributed by atoms with van der Waals surface area (Å²) in [7, 11) is 0. The summed E-state index contributed by atoms with van der Waals surface area (Å²) in [4.78, 5) is 14.6. The Morgan fingerprint density at radius 3 is 2.64 bits per heavy atom. The number of halogens is 1. The van der Waals surface area contributed by atoms with Gasteiger partial charge in [0.1, 0.15) is 5.75 Å². The lowest BCUT2D eigenvalue weighted by Gasteiger charge is -2.29. The number of anilines is 1. The Labute approximate surface area is 153 Å². The first kappa shape index (κ1) is 17.8. The summed E-state index contributed by atoms with van der Waals surface area (Å²) in [5.41, 5.74) is 0.590. The topological polar surface area (TPSA) is 41.6 Å². The highest BCUT2D eigenvalue weighted by Crippen LogP contribution is 2.32. The highest BCUT2D eigenvalue weighted by molar-refractivity contribution is 6.31. The Bertz CT molecular complexity index is 713. The number of para-hydroxylation sites is 1. The molecule has 1 amide bonds. The summed E-state index contributed by atoms with van der Waals surface area (Å²) in [6.07, 6.45) is 2.29. The van der Waals surface area contributed by atoms with Gasteiger partial charge in [-0.15, -0.1) is 0 Å². The molecular weight excluding hydrogens is 336 g/mol. The van der Waals surface area contributed by atoms with Crippen molar-refractivity contribution in [2.45, 2.75) is 19.8 Å². The molecule has 4 nitrogen and oxygen atoms in total. The molecule has 0 spiro atoms. The molecule has 0 bridgehead atoms. The summed E-state index contributed by atoms with van der Waals surface area (Å²) in [5.74, 6) is 1.99. The largest absolute Gasteiger partial charge is 0.455 e. The second-order valence-corrected chi connectivity index (χ2v) is 7.00. The molecule has 132 valence electrons. The molecule has 1 aliphatic heterocycles. The van der Waals surface area contributed by atoms with Crippen molar-refractivity contribution in [3.05, 3.63) is 53.6 Å². The van der Waals surface area contributed by atoms with Crippen molar-refractivity contribution in [3.8, 4) is 11.5 Å². The number of nitrogens with one attached hydrogen (secondary N) is 1. The van der Waals surface area contributed by atoms with E-state index in [1.54, 1.807) is 18.2 Å². The summed E-state index contributed by atoms with van der Waals surface area (Å²) in [6, 6.07) is 14.7. The fourth-order valence-electron chi connectivity index (χ4n) is 2.92. The molecular formula is C20H23ClN2O2. The molecule has 25 heavy (non-hydrogen) atoms. The third-order valence-corrected chi connectivity index (χ3v) is 4.67. The SMILES string of the molecule is CC1CCN(CC(=O)Nc2cc(Cl)ccc2Oc2ccccc2)CC1. The van der Waals surface area contributed by atoms with Crippen LogP contribution in [0.25, 0.3) is 0 Å². The number of hydrogen-bond acceptors (Lipinski definition) is 3. The third kappa shape index (κ3) is 5.21. The van der Waals surface area contributed by atoms with Crippen LogP contribution in [0.1, 0.15) is 19.8 Å². The Morgan fingerprint density at radius 2 is 1.92 bits per heavy atom. The first-order valence-electron chi connectivity index (χ1n) is 8.65. The smallest absolute Gasteiger partial charge is 0.238 e. The Balaban J connectivity index is 1.66. The van der Waals surface area contributed by atoms with Crippen LogP contribution < -0.4 is 10.1 Å². The van der Waals surface area contributed by atoms with Gasteiger partial charge in [0.15, 0.2) is 5.75 Å². The minimum absolute atomic E-state index is 0.0465. The van der Waals surface area contributed by atoms with Gasteiger partial charge in [-0.1, -0.05) is 36.7 Å². The summed E-state index contributed by atoms with van der Waals surface area (Å²) in [6.45, 7) is 4.59. The lowest BCUT2D eigenvalue weighted by molar-refractivity contribution is -0.117.